The van der Waals surface area contributed by atoms with Gasteiger partial charge in [0.25, 0.3) is 0 Å². The molecule has 1 amide bonds. The predicted octanol–water partition coefficient (Wildman–Crippen LogP) is 3.36. The number of nitrogens with one attached hydrogen (secondary N) is 1. The number of thiazole rings is 1. The number of benzene rings is 1. The maximum absolute atomic E-state index is 12.1. The molecule has 154 valence electrons. The van der Waals surface area contributed by atoms with Crippen LogP contribution in [0.4, 0.5) is 0 Å². The molecule has 1 N–H and O–H groups in total. The lowest BCUT2D eigenvalue weighted by molar-refractivity contribution is -0.121. The highest BCUT2D eigenvalue weighted by Gasteiger charge is 2.44. The number of pyridine rings is 1. The standard InChI is InChI=1S/C22H18N6O2S/c1-13-4-7-24-16(8-13)14-2-3-15-17(9-14)31-21(25-15)11-20-28-27-19(30-20)10-18(29)26-22(12-23)5-6-22/h2-4,7-9H,5-6,10-11H2,1H3,(H,26,29). The molecule has 8 nitrogen and oxygen atoms in total. The normalized spacial score (nSPS) is 14.3. The smallest absolute Gasteiger partial charge is 0.230 e. The molecule has 1 fully saturated rings. The summed E-state index contributed by atoms with van der Waals surface area (Å²) in [5.74, 6) is 0.352. The van der Waals surface area contributed by atoms with E-state index >= 15 is 0 Å². The summed E-state index contributed by atoms with van der Waals surface area (Å²) in [7, 11) is 0. The molecule has 0 radical (unpaired) electrons. The second kappa shape index (κ2) is 7.56. The number of carbonyl (C=O) groups excluding carboxylic acids is 1. The third kappa shape index (κ3) is 4.15. The first-order valence-electron chi connectivity index (χ1n) is 9.88. The zero-order valence-electron chi connectivity index (χ0n) is 16.8. The Morgan fingerprint density at radius 2 is 2.10 bits per heavy atom. The van der Waals surface area contributed by atoms with Crippen molar-refractivity contribution in [1.29, 1.82) is 5.26 Å². The van der Waals surface area contributed by atoms with Crippen LogP contribution in [0.5, 0.6) is 0 Å². The molecule has 0 bridgehead atoms. The Bertz CT molecular complexity index is 1330. The number of hydrogen-bond acceptors (Lipinski definition) is 8. The molecule has 0 saturated heterocycles. The number of aromatic nitrogens is 4. The van der Waals surface area contributed by atoms with Gasteiger partial charge in [0.1, 0.15) is 17.0 Å². The van der Waals surface area contributed by atoms with Gasteiger partial charge >= 0.3 is 0 Å². The van der Waals surface area contributed by atoms with Gasteiger partial charge in [-0.3, -0.25) is 9.78 Å². The Labute approximate surface area is 182 Å². The molecule has 5 rings (SSSR count). The SMILES string of the molecule is Cc1ccnc(-c2ccc3nc(Cc4nnc(CC(=O)NC5(C#N)CC5)o4)sc3c2)c1. The lowest BCUT2D eigenvalue weighted by Crippen LogP contribution is -2.36. The molecule has 1 saturated carbocycles. The summed E-state index contributed by atoms with van der Waals surface area (Å²) < 4.78 is 6.68. The van der Waals surface area contributed by atoms with Gasteiger partial charge in [-0.05, 0) is 49.6 Å². The van der Waals surface area contributed by atoms with E-state index in [9.17, 15) is 4.79 Å². The molecule has 3 aromatic heterocycles. The first kappa shape index (κ1) is 19.3. The quantitative estimate of drug-likeness (QED) is 0.498. The maximum atomic E-state index is 12.1. The molecule has 1 aliphatic rings. The van der Waals surface area contributed by atoms with Gasteiger partial charge in [-0.25, -0.2) is 4.98 Å². The van der Waals surface area contributed by atoms with Gasteiger partial charge in [-0.15, -0.1) is 21.5 Å². The highest BCUT2D eigenvalue weighted by Crippen LogP contribution is 2.34. The molecular formula is C22H18N6O2S. The summed E-state index contributed by atoms with van der Waals surface area (Å²) in [6, 6.07) is 12.3. The van der Waals surface area contributed by atoms with E-state index in [1.165, 1.54) is 0 Å². The number of hydrogen-bond donors (Lipinski definition) is 1. The van der Waals surface area contributed by atoms with Crippen molar-refractivity contribution in [3.8, 4) is 17.3 Å². The number of fused-ring (bicyclic) bond motifs is 1. The molecule has 1 aromatic carbocycles. The summed E-state index contributed by atoms with van der Waals surface area (Å²) in [5, 5.41) is 20.6. The molecule has 1 aliphatic carbocycles. The van der Waals surface area contributed by atoms with Crippen molar-refractivity contribution in [2.45, 2.75) is 38.1 Å². The predicted molar refractivity (Wildman–Crippen MR) is 114 cm³/mol. The Morgan fingerprint density at radius 3 is 2.87 bits per heavy atom. The number of nitriles is 1. The molecule has 3 heterocycles. The van der Waals surface area contributed by atoms with Crippen molar-refractivity contribution in [2.24, 2.45) is 0 Å². The Morgan fingerprint density at radius 1 is 1.26 bits per heavy atom. The molecule has 0 atom stereocenters. The van der Waals surface area contributed by atoms with E-state index in [-0.39, 0.29) is 18.2 Å². The number of nitrogens with zero attached hydrogens (tertiary/aromatic N) is 5. The fourth-order valence-electron chi connectivity index (χ4n) is 3.30. The average molecular weight is 430 g/mol. The summed E-state index contributed by atoms with van der Waals surface area (Å²) in [6.45, 7) is 2.05. The second-order valence-electron chi connectivity index (χ2n) is 7.69. The van der Waals surface area contributed by atoms with Crippen LogP contribution in [0.3, 0.4) is 0 Å². The number of rotatable bonds is 6. The van der Waals surface area contributed by atoms with E-state index in [2.05, 4.69) is 43.7 Å². The van der Waals surface area contributed by atoms with Crippen LogP contribution in [0.25, 0.3) is 21.5 Å². The van der Waals surface area contributed by atoms with Gasteiger partial charge in [-0.1, -0.05) is 6.07 Å². The van der Waals surface area contributed by atoms with E-state index in [0.717, 1.165) is 32.0 Å². The van der Waals surface area contributed by atoms with Crippen molar-refractivity contribution in [3.63, 3.8) is 0 Å². The minimum Gasteiger partial charge on any atom is -0.424 e. The van der Waals surface area contributed by atoms with E-state index in [4.69, 9.17) is 9.68 Å². The summed E-state index contributed by atoms with van der Waals surface area (Å²) in [5.41, 5.74) is 3.34. The first-order chi connectivity index (χ1) is 15.0. The third-order valence-electron chi connectivity index (χ3n) is 5.11. The van der Waals surface area contributed by atoms with Crippen LogP contribution in [-0.2, 0) is 17.6 Å². The van der Waals surface area contributed by atoms with Crippen molar-refractivity contribution >= 4 is 27.5 Å². The van der Waals surface area contributed by atoms with Gasteiger partial charge in [0.15, 0.2) is 0 Å². The van der Waals surface area contributed by atoms with Gasteiger partial charge in [0.05, 0.1) is 28.4 Å². The summed E-state index contributed by atoms with van der Waals surface area (Å²) >= 11 is 1.57. The van der Waals surface area contributed by atoms with Crippen LogP contribution in [0.1, 0.15) is 35.2 Å². The van der Waals surface area contributed by atoms with Crippen LogP contribution in [0, 0.1) is 18.3 Å². The largest absolute Gasteiger partial charge is 0.424 e. The highest BCUT2D eigenvalue weighted by atomic mass is 32.1. The minimum atomic E-state index is -0.701. The summed E-state index contributed by atoms with van der Waals surface area (Å²) in [4.78, 5) is 21.2. The Kier molecular flexibility index (Phi) is 4.71. The van der Waals surface area contributed by atoms with Crippen LogP contribution < -0.4 is 5.32 Å². The van der Waals surface area contributed by atoms with Crippen LogP contribution in [0.15, 0.2) is 40.9 Å². The van der Waals surface area contributed by atoms with E-state index < -0.39 is 5.54 Å². The van der Waals surface area contributed by atoms with E-state index in [1.807, 2.05) is 31.3 Å². The van der Waals surface area contributed by atoms with Crippen LogP contribution >= 0.6 is 11.3 Å². The van der Waals surface area contributed by atoms with Gasteiger partial charge in [-0.2, -0.15) is 5.26 Å². The molecule has 0 spiro atoms. The maximum Gasteiger partial charge on any atom is 0.230 e. The lowest BCUT2D eigenvalue weighted by atomic mass is 10.1. The van der Waals surface area contributed by atoms with Gasteiger partial charge in [0, 0.05) is 11.8 Å². The Balaban J connectivity index is 1.28. The molecule has 0 unspecified atom stereocenters. The molecule has 9 heteroatoms. The van der Waals surface area contributed by atoms with E-state index in [0.29, 0.717) is 25.2 Å². The van der Waals surface area contributed by atoms with Crippen molar-refractivity contribution in [2.75, 3.05) is 0 Å². The number of amides is 1. The summed E-state index contributed by atoms with van der Waals surface area (Å²) in [6.07, 6.45) is 3.54. The van der Waals surface area contributed by atoms with Crippen molar-refractivity contribution in [1.82, 2.24) is 25.5 Å². The first-order valence-corrected chi connectivity index (χ1v) is 10.7. The van der Waals surface area contributed by atoms with Crippen LogP contribution in [0.2, 0.25) is 0 Å². The molecule has 31 heavy (non-hydrogen) atoms. The van der Waals surface area contributed by atoms with Gasteiger partial charge in [0.2, 0.25) is 17.7 Å². The second-order valence-corrected chi connectivity index (χ2v) is 8.81. The lowest BCUT2D eigenvalue weighted by Gasteiger charge is -2.06. The topological polar surface area (TPSA) is 118 Å². The van der Waals surface area contributed by atoms with Gasteiger partial charge < -0.3 is 9.73 Å². The molecule has 0 aliphatic heterocycles. The third-order valence-corrected chi connectivity index (χ3v) is 6.13. The fourth-order valence-corrected chi connectivity index (χ4v) is 4.30. The van der Waals surface area contributed by atoms with Crippen LogP contribution in [-0.4, -0.2) is 31.6 Å². The zero-order valence-corrected chi connectivity index (χ0v) is 17.6. The molecule has 4 aromatic rings. The van der Waals surface area contributed by atoms with Crippen molar-refractivity contribution in [3.05, 3.63) is 58.9 Å². The highest BCUT2D eigenvalue weighted by molar-refractivity contribution is 7.18. The van der Waals surface area contributed by atoms with E-state index in [1.54, 1.807) is 11.3 Å². The fraction of sp³-hybridized carbons (Fsp3) is 0.273. The molecular weight excluding hydrogens is 412 g/mol. The number of aryl methyl sites for hydroxylation is 1. The van der Waals surface area contributed by atoms with Crippen molar-refractivity contribution < 1.29 is 9.21 Å². The average Bonchev–Trinajstić information content (AvgIpc) is 3.19. The monoisotopic (exact) mass is 430 g/mol. The zero-order chi connectivity index (χ0) is 21.4. The Hall–Kier alpha value is -3.64. The minimum absolute atomic E-state index is 0.0386. The number of carbonyl (C=O) groups is 1.